The predicted octanol–water partition coefficient (Wildman–Crippen LogP) is 2.66. The first-order valence-corrected chi connectivity index (χ1v) is 6.92. The highest BCUT2D eigenvalue weighted by Gasteiger charge is 2.20. The van der Waals surface area contributed by atoms with Crippen LogP contribution in [0.3, 0.4) is 0 Å². The molecular weight excluding hydrogens is 299 g/mol. The van der Waals surface area contributed by atoms with Crippen LogP contribution in [-0.2, 0) is 11.3 Å². The summed E-state index contributed by atoms with van der Waals surface area (Å²) in [5.41, 5.74) is 6.91. The summed E-state index contributed by atoms with van der Waals surface area (Å²) < 4.78 is 20.2. The van der Waals surface area contributed by atoms with Gasteiger partial charge in [0.15, 0.2) is 5.82 Å². The van der Waals surface area contributed by atoms with Crippen molar-refractivity contribution in [1.82, 2.24) is 0 Å². The average Bonchev–Trinajstić information content (AvgIpc) is 2.85. The van der Waals surface area contributed by atoms with Gasteiger partial charge in [-0.2, -0.15) is 0 Å². The van der Waals surface area contributed by atoms with E-state index in [0.29, 0.717) is 23.2 Å². The van der Waals surface area contributed by atoms with Crippen LogP contribution in [0.25, 0.3) is 0 Å². The molecule has 1 atom stereocenters. The van der Waals surface area contributed by atoms with Crippen molar-refractivity contribution in [2.24, 2.45) is 5.73 Å². The zero-order chi connectivity index (χ0) is 13.1. The summed E-state index contributed by atoms with van der Waals surface area (Å²) >= 11 is 3.26. The largest absolute Gasteiger partial charge is 0.376 e. The van der Waals surface area contributed by atoms with Crippen LogP contribution in [0.15, 0.2) is 16.6 Å². The molecule has 1 aliphatic heterocycles. The van der Waals surface area contributed by atoms with Crippen molar-refractivity contribution < 1.29 is 9.13 Å². The number of rotatable bonds is 4. The van der Waals surface area contributed by atoms with Crippen LogP contribution >= 0.6 is 15.9 Å². The fraction of sp³-hybridized carbons (Fsp3) is 0.538. The third kappa shape index (κ3) is 2.84. The molecule has 1 heterocycles. The normalized spacial score (nSPS) is 19.2. The molecule has 0 saturated carbocycles. The van der Waals surface area contributed by atoms with E-state index in [1.807, 2.05) is 18.0 Å². The van der Waals surface area contributed by atoms with Crippen molar-refractivity contribution in [3.63, 3.8) is 0 Å². The number of anilines is 1. The molecular formula is C13H18BrFN2O. The van der Waals surface area contributed by atoms with Gasteiger partial charge in [0.1, 0.15) is 0 Å². The van der Waals surface area contributed by atoms with E-state index in [-0.39, 0.29) is 11.9 Å². The number of halogens is 2. The maximum atomic E-state index is 14.2. The number of nitrogens with zero attached hydrogens (tertiary/aromatic N) is 1. The highest BCUT2D eigenvalue weighted by atomic mass is 79.9. The molecule has 100 valence electrons. The highest BCUT2D eigenvalue weighted by molar-refractivity contribution is 9.10. The molecule has 2 rings (SSSR count). The molecule has 1 fully saturated rings. The maximum Gasteiger partial charge on any atom is 0.160 e. The van der Waals surface area contributed by atoms with Gasteiger partial charge in [0.25, 0.3) is 0 Å². The Bertz CT molecular complexity index is 422. The molecule has 0 aromatic heterocycles. The molecule has 18 heavy (non-hydrogen) atoms. The van der Waals surface area contributed by atoms with Crippen molar-refractivity contribution >= 4 is 21.6 Å². The van der Waals surface area contributed by atoms with Gasteiger partial charge in [0.05, 0.1) is 16.3 Å². The number of nitrogens with two attached hydrogens (primary N) is 1. The molecule has 0 spiro atoms. The molecule has 0 radical (unpaired) electrons. The number of hydrogen-bond donors (Lipinski definition) is 1. The Morgan fingerprint density at radius 3 is 2.94 bits per heavy atom. The maximum absolute atomic E-state index is 14.2. The minimum Gasteiger partial charge on any atom is -0.376 e. The Morgan fingerprint density at radius 1 is 1.56 bits per heavy atom. The highest BCUT2D eigenvalue weighted by Crippen LogP contribution is 2.29. The van der Waals surface area contributed by atoms with Crippen molar-refractivity contribution in [3.05, 3.63) is 28.0 Å². The summed E-state index contributed by atoms with van der Waals surface area (Å²) in [7, 11) is 1.88. The number of hydrogen-bond acceptors (Lipinski definition) is 3. The Morgan fingerprint density at radius 2 is 2.33 bits per heavy atom. The summed E-state index contributed by atoms with van der Waals surface area (Å²) in [6.07, 6.45) is 2.35. The van der Waals surface area contributed by atoms with E-state index in [2.05, 4.69) is 15.9 Å². The van der Waals surface area contributed by atoms with Gasteiger partial charge in [-0.3, -0.25) is 0 Å². The van der Waals surface area contributed by atoms with E-state index in [9.17, 15) is 4.39 Å². The molecule has 5 heteroatoms. The topological polar surface area (TPSA) is 38.5 Å². The average molecular weight is 317 g/mol. The van der Waals surface area contributed by atoms with Crippen LogP contribution in [0.5, 0.6) is 0 Å². The minimum atomic E-state index is -0.251. The summed E-state index contributed by atoms with van der Waals surface area (Å²) in [5.74, 6) is -0.251. The second kappa shape index (κ2) is 5.99. The zero-order valence-corrected chi connectivity index (χ0v) is 12.0. The van der Waals surface area contributed by atoms with E-state index in [1.165, 1.54) is 0 Å². The quantitative estimate of drug-likeness (QED) is 0.928. The molecule has 0 amide bonds. The summed E-state index contributed by atoms with van der Waals surface area (Å²) in [6, 6.07) is 3.63. The lowest BCUT2D eigenvalue weighted by atomic mass is 10.1. The third-order valence-corrected chi connectivity index (χ3v) is 4.13. The van der Waals surface area contributed by atoms with Crippen molar-refractivity contribution in [2.45, 2.75) is 25.5 Å². The van der Waals surface area contributed by atoms with Gasteiger partial charge in [0, 0.05) is 26.7 Å². The van der Waals surface area contributed by atoms with E-state index >= 15 is 0 Å². The molecule has 1 saturated heterocycles. The Labute approximate surface area is 115 Å². The van der Waals surface area contributed by atoms with Crippen LogP contribution in [0.4, 0.5) is 10.1 Å². The van der Waals surface area contributed by atoms with E-state index < -0.39 is 0 Å². The van der Waals surface area contributed by atoms with Gasteiger partial charge >= 0.3 is 0 Å². The first-order valence-electron chi connectivity index (χ1n) is 6.13. The van der Waals surface area contributed by atoms with Crippen LogP contribution in [0, 0.1) is 5.82 Å². The first-order chi connectivity index (χ1) is 8.63. The van der Waals surface area contributed by atoms with Gasteiger partial charge in [-0.15, -0.1) is 0 Å². The van der Waals surface area contributed by atoms with Gasteiger partial charge in [0.2, 0.25) is 0 Å². The third-order valence-electron chi connectivity index (χ3n) is 3.27. The minimum absolute atomic E-state index is 0.211. The fourth-order valence-corrected chi connectivity index (χ4v) is 2.72. The SMILES string of the molecule is CN(CC1CCCO1)c1ccc(CN)c(Br)c1F. The van der Waals surface area contributed by atoms with E-state index in [0.717, 1.165) is 25.0 Å². The van der Waals surface area contributed by atoms with Crippen LogP contribution in [0.1, 0.15) is 18.4 Å². The van der Waals surface area contributed by atoms with Crippen molar-refractivity contribution in [1.29, 1.82) is 0 Å². The molecule has 1 unspecified atom stereocenters. The van der Waals surface area contributed by atoms with E-state index in [4.69, 9.17) is 10.5 Å². The van der Waals surface area contributed by atoms with Crippen LogP contribution < -0.4 is 10.6 Å². The standard InChI is InChI=1S/C13H18BrFN2O/c1-17(8-10-3-2-6-18-10)11-5-4-9(7-16)12(14)13(11)15/h4-5,10H,2-3,6-8,16H2,1H3. The van der Waals surface area contributed by atoms with Crippen LogP contribution in [-0.4, -0.2) is 26.3 Å². The lowest BCUT2D eigenvalue weighted by Crippen LogP contribution is -2.29. The molecule has 0 bridgehead atoms. The molecule has 1 aliphatic rings. The van der Waals surface area contributed by atoms with Gasteiger partial charge in [-0.25, -0.2) is 4.39 Å². The number of benzene rings is 1. The lowest BCUT2D eigenvalue weighted by molar-refractivity contribution is 0.116. The molecule has 2 N–H and O–H groups in total. The first kappa shape index (κ1) is 13.8. The summed E-state index contributed by atoms with van der Waals surface area (Å²) in [6.45, 7) is 1.86. The lowest BCUT2D eigenvalue weighted by Gasteiger charge is -2.24. The summed E-state index contributed by atoms with van der Waals surface area (Å²) in [4.78, 5) is 1.90. The van der Waals surface area contributed by atoms with Gasteiger partial charge < -0.3 is 15.4 Å². The van der Waals surface area contributed by atoms with Gasteiger partial charge in [-0.1, -0.05) is 6.07 Å². The fourth-order valence-electron chi connectivity index (χ4n) is 2.22. The number of ether oxygens (including phenoxy) is 1. The van der Waals surface area contributed by atoms with Crippen molar-refractivity contribution in [3.8, 4) is 0 Å². The molecule has 1 aromatic carbocycles. The Kier molecular flexibility index (Phi) is 4.59. The van der Waals surface area contributed by atoms with Crippen LogP contribution in [0.2, 0.25) is 0 Å². The Hall–Kier alpha value is -0.650. The second-order valence-electron chi connectivity index (χ2n) is 4.59. The summed E-state index contributed by atoms with van der Waals surface area (Å²) in [5, 5.41) is 0. The smallest absolute Gasteiger partial charge is 0.160 e. The predicted molar refractivity (Wildman–Crippen MR) is 74.2 cm³/mol. The molecule has 1 aromatic rings. The van der Waals surface area contributed by atoms with Crippen molar-refractivity contribution in [2.75, 3.05) is 25.1 Å². The monoisotopic (exact) mass is 316 g/mol. The second-order valence-corrected chi connectivity index (χ2v) is 5.38. The Balaban J connectivity index is 2.14. The number of likely N-dealkylation sites (N-methyl/N-ethyl adjacent to an activating group) is 1. The van der Waals surface area contributed by atoms with Gasteiger partial charge in [-0.05, 0) is 40.4 Å². The molecule has 0 aliphatic carbocycles. The van der Waals surface area contributed by atoms with E-state index in [1.54, 1.807) is 6.07 Å². The molecule has 3 nitrogen and oxygen atoms in total. The zero-order valence-electron chi connectivity index (χ0n) is 10.5.